The van der Waals surface area contributed by atoms with Crippen LogP contribution in [0.25, 0.3) is 6.08 Å². The van der Waals surface area contributed by atoms with Gasteiger partial charge in [0.05, 0.1) is 0 Å². The van der Waals surface area contributed by atoms with Crippen LogP contribution in [0.3, 0.4) is 0 Å². The fourth-order valence-electron chi connectivity index (χ4n) is 3.09. The highest BCUT2D eigenvalue weighted by atomic mass is 16.3. The van der Waals surface area contributed by atoms with Crippen LogP contribution < -0.4 is 5.32 Å². The highest BCUT2D eigenvalue weighted by Crippen LogP contribution is 2.18. The average Bonchev–Trinajstić information content (AvgIpc) is 3.10. The first kappa shape index (κ1) is 18.0. The molecule has 1 N–H and O–H groups in total. The molecule has 0 saturated carbocycles. The van der Waals surface area contributed by atoms with Gasteiger partial charge in [0.1, 0.15) is 11.5 Å². The van der Waals surface area contributed by atoms with Crippen LogP contribution in [-0.4, -0.2) is 29.8 Å². The van der Waals surface area contributed by atoms with Crippen molar-refractivity contribution in [3.8, 4) is 0 Å². The number of benzene rings is 1. The molecule has 1 aliphatic rings. The van der Waals surface area contributed by atoms with Crippen LogP contribution in [0, 0.1) is 12.8 Å². The molecule has 1 aromatic carbocycles. The van der Waals surface area contributed by atoms with E-state index >= 15 is 0 Å². The van der Waals surface area contributed by atoms with Crippen molar-refractivity contribution < 1.29 is 14.0 Å². The summed E-state index contributed by atoms with van der Waals surface area (Å²) in [6.07, 6.45) is 4.61. The second kappa shape index (κ2) is 8.52. The molecule has 2 aromatic rings. The quantitative estimate of drug-likeness (QED) is 0.841. The molecule has 1 aliphatic heterocycles. The van der Waals surface area contributed by atoms with Gasteiger partial charge in [-0.3, -0.25) is 9.59 Å². The predicted molar refractivity (Wildman–Crippen MR) is 100 cm³/mol. The van der Waals surface area contributed by atoms with Crippen LogP contribution in [-0.2, 0) is 16.1 Å². The van der Waals surface area contributed by atoms with Gasteiger partial charge in [0.25, 0.3) is 0 Å². The fraction of sp³-hybridized carbons (Fsp3) is 0.333. The number of hydrogen-bond acceptors (Lipinski definition) is 3. The highest BCUT2D eigenvalue weighted by molar-refractivity contribution is 5.91. The number of carbonyl (C=O) groups excluding carboxylic acids is 2. The van der Waals surface area contributed by atoms with Crippen molar-refractivity contribution in [2.75, 3.05) is 13.1 Å². The molecule has 0 atom stereocenters. The van der Waals surface area contributed by atoms with E-state index in [-0.39, 0.29) is 17.7 Å². The lowest BCUT2D eigenvalue weighted by Crippen LogP contribution is -2.42. The summed E-state index contributed by atoms with van der Waals surface area (Å²) < 4.78 is 5.42. The molecule has 0 bridgehead atoms. The molecule has 5 nitrogen and oxygen atoms in total. The van der Waals surface area contributed by atoms with Crippen molar-refractivity contribution in [2.45, 2.75) is 26.3 Å². The molecule has 0 spiro atoms. The Morgan fingerprint density at radius 2 is 1.88 bits per heavy atom. The minimum atomic E-state index is -0.0396. The maximum atomic E-state index is 12.3. The molecule has 0 radical (unpaired) electrons. The van der Waals surface area contributed by atoms with Gasteiger partial charge in [-0.05, 0) is 43.5 Å². The van der Waals surface area contributed by atoms with Gasteiger partial charge < -0.3 is 14.6 Å². The first-order valence-corrected chi connectivity index (χ1v) is 8.97. The summed E-state index contributed by atoms with van der Waals surface area (Å²) in [5.41, 5.74) is 1.09. The summed E-state index contributed by atoms with van der Waals surface area (Å²) in [6, 6.07) is 13.6. The summed E-state index contributed by atoms with van der Waals surface area (Å²) in [5.74, 6) is 1.50. The monoisotopic (exact) mass is 352 g/mol. The number of furan rings is 1. The molecule has 2 amide bonds. The van der Waals surface area contributed by atoms with Crippen molar-refractivity contribution in [3.05, 3.63) is 65.6 Å². The Labute approximate surface area is 153 Å². The molecular formula is C21H24N2O3. The Morgan fingerprint density at radius 1 is 1.15 bits per heavy atom. The number of likely N-dealkylation sites (tertiary alicyclic amines) is 1. The van der Waals surface area contributed by atoms with E-state index < -0.39 is 0 Å². The van der Waals surface area contributed by atoms with Gasteiger partial charge in [0.2, 0.25) is 11.8 Å². The van der Waals surface area contributed by atoms with Gasteiger partial charge >= 0.3 is 0 Å². The second-order valence-corrected chi connectivity index (χ2v) is 6.58. The van der Waals surface area contributed by atoms with Crippen LogP contribution >= 0.6 is 0 Å². The van der Waals surface area contributed by atoms with Crippen LogP contribution in [0.15, 0.2) is 53.0 Å². The van der Waals surface area contributed by atoms with Crippen molar-refractivity contribution >= 4 is 17.9 Å². The van der Waals surface area contributed by atoms with Crippen molar-refractivity contribution in [1.29, 1.82) is 0 Å². The van der Waals surface area contributed by atoms with Crippen molar-refractivity contribution in [1.82, 2.24) is 10.2 Å². The number of nitrogens with one attached hydrogen (secondary N) is 1. The van der Waals surface area contributed by atoms with Crippen LogP contribution in [0.2, 0.25) is 0 Å². The predicted octanol–water partition coefficient (Wildman–Crippen LogP) is 3.16. The van der Waals surface area contributed by atoms with E-state index in [1.807, 2.05) is 49.4 Å². The first-order chi connectivity index (χ1) is 12.6. The zero-order chi connectivity index (χ0) is 18.4. The molecule has 3 rings (SSSR count). The van der Waals surface area contributed by atoms with E-state index in [1.54, 1.807) is 11.0 Å². The Hall–Kier alpha value is -2.82. The molecule has 5 heteroatoms. The van der Waals surface area contributed by atoms with Gasteiger partial charge in [-0.1, -0.05) is 30.3 Å². The lowest BCUT2D eigenvalue weighted by molar-refractivity contribution is -0.132. The summed E-state index contributed by atoms with van der Waals surface area (Å²) in [6.45, 7) is 3.62. The molecule has 1 aromatic heterocycles. The molecule has 1 fully saturated rings. The Kier molecular flexibility index (Phi) is 5.89. The summed E-state index contributed by atoms with van der Waals surface area (Å²) >= 11 is 0. The van der Waals surface area contributed by atoms with Crippen molar-refractivity contribution in [2.24, 2.45) is 5.92 Å². The van der Waals surface area contributed by atoms with Crippen LogP contribution in [0.5, 0.6) is 0 Å². The van der Waals surface area contributed by atoms with Gasteiger partial charge in [0.15, 0.2) is 0 Å². The van der Waals surface area contributed by atoms with Gasteiger partial charge in [0, 0.05) is 31.6 Å². The third-order valence-corrected chi connectivity index (χ3v) is 4.64. The minimum absolute atomic E-state index is 0.0283. The van der Waals surface area contributed by atoms with E-state index in [9.17, 15) is 9.59 Å². The zero-order valence-corrected chi connectivity index (χ0v) is 15.0. The molecular weight excluding hydrogens is 328 g/mol. The van der Waals surface area contributed by atoms with Crippen molar-refractivity contribution in [3.63, 3.8) is 0 Å². The largest absolute Gasteiger partial charge is 0.462 e. The summed E-state index contributed by atoms with van der Waals surface area (Å²) in [5, 5.41) is 2.99. The molecule has 0 unspecified atom stereocenters. The number of hydrogen-bond donors (Lipinski definition) is 1. The highest BCUT2D eigenvalue weighted by Gasteiger charge is 2.26. The third-order valence-electron chi connectivity index (χ3n) is 4.64. The number of nitrogens with zero attached hydrogens (tertiary/aromatic N) is 1. The number of piperidine rings is 1. The molecule has 0 aliphatic carbocycles. The minimum Gasteiger partial charge on any atom is -0.462 e. The SMILES string of the molecule is Cc1ccc(/C=C/C(=O)N2CCC(C(=O)NCc3ccccc3)CC2)o1. The van der Waals surface area contributed by atoms with Gasteiger partial charge in [-0.2, -0.15) is 0 Å². The lowest BCUT2D eigenvalue weighted by Gasteiger charge is -2.30. The Bertz CT molecular complexity index is 772. The Morgan fingerprint density at radius 3 is 2.54 bits per heavy atom. The average molecular weight is 352 g/mol. The molecule has 26 heavy (non-hydrogen) atoms. The van der Waals surface area contributed by atoms with E-state index in [1.165, 1.54) is 6.08 Å². The molecule has 136 valence electrons. The molecule has 1 saturated heterocycles. The van der Waals surface area contributed by atoms with E-state index in [4.69, 9.17) is 4.42 Å². The first-order valence-electron chi connectivity index (χ1n) is 8.97. The Balaban J connectivity index is 1.43. The molecule has 2 heterocycles. The van der Waals surface area contributed by atoms with Crippen LogP contribution in [0.1, 0.15) is 29.9 Å². The fourth-order valence-corrected chi connectivity index (χ4v) is 3.09. The number of aryl methyl sites for hydroxylation is 1. The van der Waals surface area contributed by atoms with Gasteiger partial charge in [-0.25, -0.2) is 0 Å². The van der Waals surface area contributed by atoms with Crippen LogP contribution in [0.4, 0.5) is 0 Å². The van der Waals surface area contributed by atoms with E-state index in [0.29, 0.717) is 38.2 Å². The van der Waals surface area contributed by atoms with Gasteiger partial charge in [-0.15, -0.1) is 0 Å². The standard InChI is InChI=1S/C21H24N2O3/c1-16-7-8-19(26-16)9-10-20(24)23-13-11-18(12-14-23)21(25)22-15-17-5-3-2-4-6-17/h2-10,18H,11-15H2,1H3,(H,22,25)/b10-9+. The van der Waals surface area contributed by atoms with E-state index in [0.717, 1.165) is 11.3 Å². The maximum absolute atomic E-state index is 12.3. The number of rotatable bonds is 5. The number of carbonyl (C=O) groups is 2. The summed E-state index contributed by atoms with van der Waals surface area (Å²) in [4.78, 5) is 26.4. The lowest BCUT2D eigenvalue weighted by atomic mass is 9.95. The second-order valence-electron chi connectivity index (χ2n) is 6.58. The maximum Gasteiger partial charge on any atom is 0.246 e. The topological polar surface area (TPSA) is 62.6 Å². The smallest absolute Gasteiger partial charge is 0.246 e. The van der Waals surface area contributed by atoms with E-state index in [2.05, 4.69) is 5.32 Å². The summed E-state index contributed by atoms with van der Waals surface area (Å²) in [7, 11) is 0. The normalized spacial score (nSPS) is 15.3. The number of amides is 2. The third kappa shape index (κ3) is 4.85. The zero-order valence-electron chi connectivity index (χ0n) is 15.0.